The maximum atomic E-state index is 11.8. The lowest BCUT2D eigenvalue weighted by molar-refractivity contribution is -0.274. The van der Waals surface area contributed by atoms with E-state index >= 15 is 0 Å². The molecule has 0 atom stereocenters. The van der Waals surface area contributed by atoms with Gasteiger partial charge in [-0.1, -0.05) is 0 Å². The Kier molecular flexibility index (Phi) is 3.79. The monoisotopic (exact) mass is 221 g/mol. The number of hydrogen-bond donors (Lipinski definition) is 1. The molecule has 0 saturated carbocycles. The second-order valence-corrected chi connectivity index (χ2v) is 2.62. The lowest BCUT2D eigenvalue weighted by atomic mass is 10.3. The molecule has 1 aromatic carbocycles. The van der Waals surface area contributed by atoms with E-state index in [1.807, 2.05) is 6.92 Å². The van der Waals surface area contributed by atoms with Gasteiger partial charge >= 0.3 is 6.36 Å². The highest BCUT2D eigenvalue weighted by Crippen LogP contribution is 2.24. The molecule has 0 spiro atoms. The Balaban J connectivity index is 2.56. The van der Waals surface area contributed by atoms with Gasteiger partial charge in [-0.15, -0.1) is 13.2 Å². The summed E-state index contributed by atoms with van der Waals surface area (Å²) in [5.74, 6) is 0.151. The number of benzene rings is 1. The summed E-state index contributed by atoms with van der Waals surface area (Å²) in [5.41, 5.74) is 2.57. The summed E-state index contributed by atoms with van der Waals surface area (Å²) in [6.07, 6.45) is -4.66. The summed E-state index contributed by atoms with van der Waals surface area (Å²) in [4.78, 5) is 4.95. The van der Waals surface area contributed by atoms with Crippen LogP contribution < -0.4 is 15.1 Å². The molecular formula is C9H10F3NO2. The molecule has 15 heavy (non-hydrogen) atoms. The van der Waals surface area contributed by atoms with Gasteiger partial charge < -0.3 is 9.57 Å². The molecular weight excluding hydrogens is 211 g/mol. The second-order valence-electron chi connectivity index (χ2n) is 2.62. The summed E-state index contributed by atoms with van der Waals surface area (Å²) in [6, 6.07) is 5.12. The molecule has 0 bridgehead atoms. The zero-order chi connectivity index (χ0) is 11.3. The minimum atomic E-state index is -4.66. The van der Waals surface area contributed by atoms with E-state index in [1.165, 1.54) is 24.3 Å². The molecule has 6 heteroatoms. The molecule has 1 aromatic rings. The molecule has 0 aliphatic rings. The fourth-order valence-corrected chi connectivity index (χ4v) is 0.865. The molecule has 1 rings (SSSR count). The van der Waals surface area contributed by atoms with Crippen molar-refractivity contribution in [3.05, 3.63) is 24.3 Å². The Bertz CT molecular complexity index is 297. The molecule has 0 radical (unpaired) electrons. The van der Waals surface area contributed by atoms with Crippen LogP contribution in [0.4, 0.5) is 13.2 Å². The highest BCUT2D eigenvalue weighted by Gasteiger charge is 2.30. The first-order valence-corrected chi connectivity index (χ1v) is 4.27. The third kappa shape index (κ3) is 4.55. The van der Waals surface area contributed by atoms with Crippen LogP contribution in [0.2, 0.25) is 0 Å². The van der Waals surface area contributed by atoms with Crippen LogP contribution in [0.5, 0.6) is 11.5 Å². The molecule has 0 amide bonds. The number of alkyl halides is 3. The molecule has 84 valence electrons. The van der Waals surface area contributed by atoms with Gasteiger partial charge in [0, 0.05) is 6.54 Å². The van der Waals surface area contributed by atoms with E-state index < -0.39 is 6.36 Å². The van der Waals surface area contributed by atoms with Crippen molar-refractivity contribution >= 4 is 0 Å². The molecule has 0 aliphatic carbocycles. The molecule has 0 aromatic heterocycles. The Hall–Kier alpha value is -1.43. The Morgan fingerprint density at radius 1 is 1.13 bits per heavy atom. The summed E-state index contributed by atoms with van der Waals surface area (Å²) in [6.45, 7) is 2.43. The van der Waals surface area contributed by atoms with Gasteiger partial charge in [-0.2, -0.15) is 5.48 Å². The van der Waals surface area contributed by atoms with Crippen LogP contribution in [0.25, 0.3) is 0 Å². The largest absolute Gasteiger partial charge is 0.573 e. The van der Waals surface area contributed by atoms with E-state index in [0.717, 1.165) is 0 Å². The van der Waals surface area contributed by atoms with E-state index in [0.29, 0.717) is 12.3 Å². The Labute approximate surface area is 84.8 Å². The highest BCUT2D eigenvalue weighted by atomic mass is 19.4. The zero-order valence-corrected chi connectivity index (χ0v) is 7.97. The lowest BCUT2D eigenvalue weighted by Crippen LogP contribution is -2.18. The van der Waals surface area contributed by atoms with Crippen molar-refractivity contribution in [3.8, 4) is 11.5 Å². The van der Waals surface area contributed by atoms with Crippen molar-refractivity contribution in [1.82, 2.24) is 5.48 Å². The average molecular weight is 221 g/mol. The van der Waals surface area contributed by atoms with E-state index in [-0.39, 0.29) is 5.75 Å². The molecule has 0 aliphatic heterocycles. The molecule has 1 N–H and O–H groups in total. The fraction of sp³-hybridized carbons (Fsp3) is 0.333. The van der Waals surface area contributed by atoms with Gasteiger partial charge in [-0.3, -0.25) is 0 Å². The topological polar surface area (TPSA) is 30.5 Å². The molecule has 0 unspecified atom stereocenters. The Morgan fingerprint density at radius 3 is 2.13 bits per heavy atom. The standard InChI is InChI=1S/C9H10F3NO2/c1-2-13-15-8-5-3-7(4-6-8)14-9(10,11)12/h3-6,13H,2H2,1H3. The van der Waals surface area contributed by atoms with Crippen LogP contribution in [-0.4, -0.2) is 12.9 Å². The molecule has 0 heterocycles. The maximum Gasteiger partial charge on any atom is 0.573 e. The van der Waals surface area contributed by atoms with Crippen LogP contribution in [-0.2, 0) is 0 Å². The van der Waals surface area contributed by atoms with E-state index in [9.17, 15) is 13.2 Å². The summed E-state index contributed by atoms with van der Waals surface area (Å²) in [5, 5.41) is 0. The number of hydrogen-bond acceptors (Lipinski definition) is 3. The summed E-state index contributed by atoms with van der Waals surface area (Å²) < 4.78 is 39.0. The van der Waals surface area contributed by atoms with Crippen molar-refractivity contribution in [3.63, 3.8) is 0 Å². The van der Waals surface area contributed by atoms with Gasteiger partial charge in [0.2, 0.25) is 0 Å². The summed E-state index contributed by atoms with van der Waals surface area (Å²) in [7, 11) is 0. The first-order valence-electron chi connectivity index (χ1n) is 4.27. The SMILES string of the molecule is CCNOc1ccc(OC(F)(F)F)cc1. The predicted octanol–water partition coefficient (Wildman–Crippen LogP) is 2.49. The minimum absolute atomic E-state index is 0.272. The van der Waals surface area contributed by atoms with Crippen molar-refractivity contribution in [2.24, 2.45) is 0 Å². The van der Waals surface area contributed by atoms with Crippen LogP contribution in [0, 0.1) is 0 Å². The molecule has 3 nitrogen and oxygen atoms in total. The quantitative estimate of drug-likeness (QED) is 0.792. The average Bonchev–Trinajstić information content (AvgIpc) is 2.14. The predicted molar refractivity (Wildman–Crippen MR) is 47.4 cm³/mol. The highest BCUT2D eigenvalue weighted by molar-refractivity contribution is 5.31. The van der Waals surface area contributed by atoms with Gasteiger partial charge in [0.25, 0.3) is 0 Å². The number of hydroxylamine groups is 1. The van der Waals surface area contributed by atoms with Gasteiger partial charge in [-0.25, -0.2) is 0 Å². The van der Waals surface area contributed by atoms with Crippen LogP contribution in [0.3, 0.4) is 0 Å². The van der Waals surface area contributed by atoms with E-state index in [2.05, 4.69) is 10.2 Å². The van der Waals surface area contributed by atoms with Crippen molar-refractivity contribution in [2.75, 3.05) is 6.54 Å². The van der Waals surface area contributed by atoms with Crippen LogP contribution >= 0.6 is 0 Å². The number of rotatable bonds is 4. The fourth-order valence-electron chi connectivity index (χ4n) is 0.865. The lowest BCUT2D eigenvalue weighted by Gasteiger charge is -2.09. The number of ether oxygens (including phenoxy) is 1. The van der Waals surface area contributed by atoms with E-state index in [4.69, 9.17) is 4.84 Å². The van der Waals surface area contributed by atoms with Crippen molar-refractivity contribution < 1.29 is 22.7 Å². The van der Waals surface area contributed by atoms with Gasteiger partial charge in [0.05, 0.1) is 0 Å². The third-order valence-electron chi connectivity index (χ3n) is 1.39. The second kappa shape index (κ2) is 4.88. The number of nitrogens with one attached hydrogen (secondary N) is 1. The first kappa shape index (κ1) is 11.6. The van der Waals surface area contributed by atoms with Crippen LogP contribution in [0.1, 0.15) is 6.92 Å². The normalized spacial score (nSPS) is 11.2. The molecule has 0 saturated heterocycles. The van der Waals surface area contributed by atoms with Gasteiger partial charge in [0.1, 0.15) is 11.5 Å². The van der Waals surface area contributed by atoms with Crippen LogP contribution in [0.15, 0.2) is 24.3 Å². The smallest absolute Gasteiger partial charge is 0.409 e. The maximum absolute atomic E-state index is 11.8. The molecule has 0 fully saturated rings. The van der Waals surface area contributed by atoms with Gasteiger partial charge in [-0.05, 0) is 31.2 Å². The van der Waals surface area contributed by atoms with E-state index in [1.54, 1.807) is 0 Å². The Morgan fingerprint density at radius 2 is 1.67 bits per heavy atom. The third-order valence-corrected chi connectivity index (χ3v) is 1.39. The van der Waals surface area contributed by atoms with Gasteiger partial charge in [0.15, 0.2) is 0 Å². The summed E-state index contributed by atoms with van der Waals surface area (Å²) >= 11 is 0. The minimum Gasteiger partial charge on any atom is -0.409 e. The number of halogens is 3. The first-order chi connectivity index (χ1) is 7.01. The zero-order valence-electron chi connectivity index (χ0n) is 7.97. The van der Waals surface area contributed by atoms with Crippen molar-refractivity contribution in [2.45, 2.75) is 13.3 Å². The van der Waals surface area contributed by atoms with Crippen molar-refractivity contribution in [1.29, 1.82) is 0 Å².